The van der Waals surface area contributed by atoms with Gasteiger partial charge < -0.3 is 33.9 Å². The Morgan fingerprint density at radius 3 is 2.14 bits per heavy atom. The van der Waals surface area contributed by atoms with Crippen molar-refractivity contribution in [2.24, 2.45) is 0 Å². The zero-order valence-corrected chi connectivity index (χ0v) is 21.3. The predicted molar refractivity (Wildman–Crippen MR) is 131 cm³/mol. The van der Waals surface area contributed by atoms with Crippen molar-refractivity contribution in [3.05, 3.63) is 42.5 Å². The molecule has 0 spiro atoms. The maximum absolute atomic E-state index is 12.0. The Bertz CT molecular complexity index is 872. The van der Waals surface area contributed by atoms with E-state index in [9.17, 15) is 29.4 Å². The summed E-state index contributed by atoms with van der Waals surface area (Å²) in [4.78, 5) is 46.4. The molecule has 11 nitrogen and oxygen atoms in total. The minimum atomic E-state index is -1.47. The van der Waals surface area contributed by atoms with E-state index in [0.29, 0.717) is 30.8 Å². The highest BCUT2D eigenvalue weighted by Crippen LogP contribution is 2.17. The first-order valence-corrected chi connectivity index (χ1v) is 11.9. The molecule has 0 saturated heterocycles. The second-order valence-corrected chi connectivity index (χ2v) is 8.47. The van der Waals surface area contributed by atoms with Crippen LogP contribution in [-0.2, 0) is 33.3 Å². The maximum Gasteiger partial charge on any atom is 0.330 e. The Morgan fingerprint density at radius 1 is 0.892 bits per heavy atom. The lowest BCUT2D eigenvalue weighted by molar-refractivity contribution is -0.153. The fourth-order valence-corrected chi connectivity index (χ4v) is 2.71. The van der Waals surface area contributed by atoms with Crippen molar-refractivity contribution in [3.8, 4) is 5.75 Å². The number of esters is 3. The van der Waals surface area contributed by atoms with Gasteiger partial charge in [0.25, 0.3) is 0 Å². The average molecular weight is 525 g/mol. The minimum Gasteiger partial charge on any atom is -0.490 e. The Morgan fingerprint density at radius 2 is 1.51 bits per heavy atom. The van der Waals surface area contributed by atoms with Crippen molar-refractivity contribution < 1.29 is 53.1 Å². The van der Waals surface area contributed by atoms with Crippen LogP contribution in [0.25, 0.3) is 0 Å². The molecule has 1 rings (SSSR count). The topological polar surface area (TPSA) is 155 Å². The van der Waals surface area contributed by atoms with Gasteiger partial charge in [0.2, 0.25) is 0 Å². The number of hydrogen-bond acceptors (Lipinski definition) is 11. The van der Waals surface area contributed by atoms with E-state index < -0.39 is 35.4 Å². The van der Waals surface area contributed by atoms with Gasteiger partial charge >= 0.3 is 17.9 Å². The second-order valence-electron chi connectivity index (χ2n) is 8.47. The average Bonchev–Trinajstić information content (AvgIpc) is 2.87. The van der Waals surface area contributed by atoms with E-state index in [4.69, 9.17) is 23.7 Å². The van der Waals surface area contributed by atoms with E-state index in [1.54, 1.807) is 12.1 Å². The second kappa shape index (κ2) is 17.2. The molecule has 0 aliphatic heterocycles. The number of carbonyl (C=O) groups is 4. The highest BCUT2D eigenvalue weighted by molar-refractivity contribution is 6.01. The molecule has 0 aliphatic carbocycles. The molecule has 1 aromatic carbocycles. The summed E-state index contributed by atoms with van der Waals surface area (Å²) in [5, 5.41) is 19.5. The first kappa shape index (κ1) is 31.7. The zero-order valence-electron chi connectivity index (χ0n) is 21.3. The van der Waals surface area contributed by atoms with Crippen LogP contribution in [0, 0.1) is 0 Å². The molecule has 0 bridgehead atoms. The molecular weight excluding hydrogens is 488 g/mol. The van der Waals surface area contributed by atoms with Crippen LogP contribution >= 0.6 is 0 Å². The third-order valence-corrected chi connectivity index (χ3v) is 4.66. The number of Topliss-reactive ketones (excluding diaryl/α,β-unsaturated/α-hetero) is 1. The van der Waals surface area contributed by atoms with Crippen molar-refractivity contribution in [3.63, 3.8) is 0 Å². The van der Waals surface area contributed by atoms with E-state index >= 15 is 0 Å². The lowest BCUT2D eigenvalue weighted by Crippen LogP contribution is -2.30. The highest BCUT2D eigenvalue weighted by atomic mass is 16.6. The van der Waals surface area contributed by atoms with Crippen molar-refractivity contribution in [1.29, 1.82) is 0 Å². The number of benzene rings is 1. The van der Waals surface area contributed by atoms with Gasteiger partial charge in [-0.2, -0.15) is 0 Å². The minimum absolute atomic E-state index is 0.0276. The summed E-state index contributed by atoms with van der Waals surface area (Å²) in [5.74, 6) is -1.69. The van der Waals surface area contributed by atoms with Crippen LogP contribution < -0.4 is 4.74 Å². The molecule has 0 fully saturated rings. The lowest BCUT2D eigenvalue weighted by Gasteiger charge is -2.15. The molecule has 11 heteroatoms. The Balaban J connectivity index is 2.08. The van der Waals surface area contributed by atoms with Gasteiger partial charge in [-0.1, -0.05) is 6.58 Å². The fourth-order valence-electron chi connectivity index (χ4n) is 2.71. The van der Waals surface area contributed by atoms with Crippen LogP contribution in [0.4, 0.5) is 0 Å². The number of ketones is 1. The van der Waals surface area contributed by atoms with E-state index in [2.05, 4.69) is 6.58 Å². The molecule has 0 radical (unpaired) electrons. The number of aliphatic hydroxyl groups is 2. The molecule has 1 atom stereocenters. The fraction of sp³-hybridized carbons (Fsp3) is 0.538. The first-order chi connectivity index (χ1) is 17.5. The summed E-state index contributed by atoms with van der Waals surface area (Å²) >= 11 is 0. The molecule has 37 heavy (non-hydrogen) atoms. The summed E-state index contributed by atoms with van der Waals surface area (Å²) in [6.07, 6.45) is 0.923. The van der Waals surface area contributed by atoms with Crippen molar-refractivity contribution >= 4 is 23.7 Å². The summed E-state index contributed by atoms with van der Waals surface area (Å²) in [5.41, 5.74) is -1.12. The number of rotatable bonds is 19. The molecule has 1 aromatic rings. The van der Waals surface area contributed by atoms with Crippen LogP contribution in [-0.4, -0.2) is 85.3 Å². The Kier molecular flexibility index (Phi) is 14.8. The largest absolute Gasteiger partial charge is 0.490 e. The number of ether oxygens (including phenoxy) is 5. The summed E-state index contributed by atoms with van der Waals surface area (Å²) in [6.45, 7) is 6.45. The summed E-state index contributed by atoms with van der Waals surface area (Å²) in [6, 6.07) is 6.20. The normalized spacial score (nSPS) is 11.8. The Labute approximate surface area is 216 Å². The number of unbranched alkanes of at least 4 members (excludes halogenated alkanes) is 1. The van der Waals surface area contributed by atoms with Gasteiger partial charge in [-0.25, -0.2) is 4.79 Å². The van der Waals surface area contributed by atoms with E-state index in [1.807, 2.05) is 0 Å². The van der Waals surface area contributed by atoms with Crippen molar-refractivity contribution in [2.45, 2.75) is 51.2 Å². The number of hydrogen-bond donors (Lipinski definition) is 2. The smallest absolute Gasteiger partial charge is 0.330 e. The lowest BCUT2D eigenvalue weighted by atomic mass is 9.97. The van der Waals surface area contributed by atoms with Crippen LogP contribution in [0.1, 0.15) is 49.9 Å². The van der Waals surface area contributed by atoms with Crippen LogP contribution in [0.5, 0.6) is 5.75 Å². The van der Waals surface area contributed by atoms with Gasteiger partial charge in [0.15, 0.2) is 5.78 Å². The molecule has 0 amide bonds. The standard InChI is InChI=1S/C26H36O11/c1-4-22(28)35-14-6-5-13-33-17-20(27)18-37-24(30)12-11-23(29)36-16-15-34-21-9-7-19(8-10-21)25(31)26(2,3)32/h4,7-10,20,27,32H,1,5-6,11-18H2,2-3H3. The monoisotopic (exact) mass is 524 g/mol. The molecule has 0 heterocycles. The highest BCUT2D eigenvalue weighted by Gasteiger charge is 2.25. The predicted octanol–water partition coefficient (Wildman–Crippen LogP) is 1.77. The van der Waals surface area contributed by atoms with E-state index in [1.165, 1.54) is 26.0 Å². The van der Waals surface area contributed by atoms with Crippen molar-refractivity contribution in [2.75, 3.05) is 39.6 Å². The SMILES string of the molecule is C=CC(=O)OCCCCOCC(O)COC(=O)CCC(=O)OCCOc1ccc(C(=O)C(C)(C)O)cc1. The van der Waals surface area contributed by atoms with Crippen LogP contribution in [0.15, 0.2) is 36.9 Å². The number of aliphatic hydroxyl groups excluding tert-OH is 1. The molecule has 0 saturated carbocycles. The van der Waals surface area contributed by atoms with Gasteiger partial charge in [-0.3, -0.25) is 14.4 Å². The molecule has 206 valence electrons. The van der Waals surface area contributed by atoms with E-state index in [-0.39, 0.29) is 45.9 Å². The third-order valence-electron chi connectivity index (χ3n) is 4.66. The van der Waals surface area contributed by atoms with Crippen LogP contribution in [0.3, 0.4) is 0 Å². The summed E-state index contributed by atoms with van der Waals surface area (Å²) < 4.78 is 25.4. The molecule has 1 unspecified atom stereocenters. The summed E-state index contributed by atoms with van der Waals surface area (Å²) in [7, 11) is 0. The van der Waals surface area contributed by atoms with Gasteiger partial charge in [0.05, 0.1) is 26.1 Å². The van der Waals surface area contributed by atoms with Gasteiger partial charge in [0, 0.05) is 18.2 Å². The van der Waals surface area contributed by atoms with Crippen LogP contribution in [0.2, 0.25) is 0 Å². The van der Waals surface area contributed by atoms with E-state index in [0.717, 1.165) is 6.08 Å². The molecule has 0 aromatic heterocycles. The van der Waals surface area contributed by atoms with Crippen molar-refractivity contribution in [1.82, 2.24) is 0 Å². The molecule has 2 N–H and O–H groups in total. The zero-order chi connectivity index (χ0) is 27.7. The molecule has 0 aliphatic rings. The number of carbonyl (C=O) groups excluding carboxylic acids is 4. The van der Waals surface area contributed by atoms with Gasteiger partial charge in [-0.15, -0.1) is 0 Å². The third kappa shape index (κ3) is 14.8. The molecular formula is C26H36O11. The maximum atomic E-state index is 12.0. The quantitative estimate of drug-likeness (QED) is 0.0894. The van der Waals surface area contributed by atoms with Gasteiger partial charge in [-0.05, 0) is 51.0 Å². The first-order valence-electron chi connectivity index (χ1n) is 11.9. The van der Waals surface area contributed by atoms with Gasteiger partial charge in [0.1, 0.15) is 37.3 Å². The Hall–Kier alpha value is -3.28.